The van der Waals surface area contributed by atoms with E-state index >= 15 is 0 Å². The van der Waals surface area contributed by atoms with E-state index in [9.17, 15) is 4.79 Å². The third-order valence-corrected chi connectivity index (χ3v) is 5.81. The van der Waals surface area contributed by atoms with Crippen LogP contribution >= 0.6 is 0 Å². The molecule has 0 radical (unpaired) electrons. The molecule has 4 heterocycles. The van der Waals surface area contributed by atoms with Gasteiger partial charge in [0.15, 0.2) is 0 Å². The van der Waals surface area contributed by atoms with Crippen LogP contribution in [0.1, 0.15) is 12.8 Å². The quantitative estimate of drug-likeness (QED) is 0.301. The van der Waals surface area contributed by atoms with Crippen LogP contribution in [0, 0.1) is 0 Å². The van der Waals surface area contributed by atoms with Crippen molar-refractivity contribution in [2.75, 3.05) is 29.0 Å². The van der Waals surface area contributed by atoms with Crippen LogP contribution in [0.4, 0.5) is 23.1 Å². The van der Waals surface area contributed by atoms with Gasteiger partial charge in [0.1, 0.15) is 5.82 Å². The Morgan fingerprint density at radius 1 is 1.03 bits per heavy atom. The van der Waals surface area contributed by atoms with E-state index in [4.69, 9.17) is 4.98 Å². The van der Waals surface area contributed by atoms with Gasteiger partial charge in [0, 0.05) is 35.1 Å². The van der Waals surface area contributed by atoms with E-state index in [0.29, 0.717) is 23.4 Å². The summed E-state index contributed by atoms with van der Waals surface area (Å²) in [4.78, 5) is 29.9. The van der Waals surface area contributed by atoms with Crippen molar-refractivity contribution in [1.29, 1.82) is 0 Å². The molecule has 9 nitrogen and oxygen atoms in total. The summed E-state index contributed by atoms with van der Waals surface area (Å²) in [7, 11) is 0. The lowest BCUT2D eigenvalue weighted by Gasteiger charge is -2.24. The zero-order chi connectivity index (χ0) is 24.0. The van der Waals surface area contributed by atoms with Crippen molar-refractivity contribution >= 4 is 40.0 Å². The Bertz CT molecular complexity index is 1350. The van der Waals surface area contributed by atoms with Crippen LogP contribution in [-0.4, -0.2) is 45.0 Å². The fourth-order valence-corrected chi connectivity index (χ4v) is 4.03. The highest BCUT2D eigenvalue weighted by Gasteiger charge is 2.13. The Morgan fingerprint density at radius 3 is 2.71 bits per heavy atom. The smallest absolute Gasteiger partial charge is 0.247 e. The first-order chi connectivity index (χ1) is 17.2. The van der Waals surface area contributed by atoms with Gasteiger partial charge in [0.05, 0.1) is 23.1 Å². The van der Waals surface area contributed by atoms with Crippen LogP contribution in [0.3, 0.4) is 0 Å². The minimum Gasteiger partial charge on any atom is -0.367 e. The van der Waals surface area contributed by atoms with Crippen molar-refractivity contribution < 1.29 is 4.79 Å². The van der Waals surface area contributed by atoms with E-state index in [2.05, 4.69) is 42.8 Å². The molecular weight excluding hydrogens is 440 g/mol. The fourth-order valence-electron chi connectivity index (χ4n) is 4.03. The molecule has 4 N–H and O–H groups in total. The molecule has 0 aliphatic carbocycles. The standard InChI is InChI=1S/C26H26N8O/c1-2-24(35)32-19-10-13-28-22(14-19)21-5-3-4-17-15-30-26(34-25(17)21)33-20-6-7-23(29-16-20)31-18-8-11-27-12-9-18/h2-7,10,13-16,18,27H,1,8-9,11-12H2,(H,29,31)(H,28,32,35)(H,30,33,34). The van der Waals surface area contributed by atoms with Crippen LogP contribution in [0.5, 0.6) is 0 Å². The number of nitrogens with one attached hydrogen (secondary N) is 4. The molecule has 176 valence electrons. The number of carbonyl (C=O) groups excluding carboxylic acids is 1. The highest BCUT2D eigenvalue weighted by molar-refractivity contribution is 5.99. The third kappa shape index (κ3) is 5.42. The first-order valence-electron chi connectivity index (χ1n) is 11.5. The largest absolute Gasteiger partial charge is 0.367 e. The minimum absolute atomic E-state index is 0.278. The molecule has 9 heteroatoms. The fraction of sp³-hybridized carbons (Fsp3) is 0.192. The van der Waals surface area contributed by atoms with Crippen molar-refractivity contribution in [2.24, 2.45) is 0 Å². The van der Waals surface area contributed by atoms with Crippen molar-refractivity contribution in [1.82, 2.24) is 25.3 Å². The maximum absolute atomic E-state index is 11.7. The molecule has 3 aromatic heterocycles. The van der Waals surface area contributed by atoms with E-state index in [1.807, 2.05) is 36.4 Å². The zero-order valence-electron chi connectivity index (χ0n) is 19.2. The summed E-state index contributed by atoms with van der Waals surface area (Å²) in [5.41, 5.74) is 3.71. The monoisotopic (exact) mass is 466 g/mol. The second-order valence-corrected chi connectivity index (χ2v) is 8.29. The second-order valence-electron chi connectivity index (χ2n) is 8.29. The Morgan fingerprint density at radius 2 is 1.91 bits per heavy atom. The van der Waals surface area contributed by atoms with Gasteiger partial charge in [-0.15, -0.1) is 0 Å². The Kier molecular flexibility index (Phi) is 6.58. The molecule has 1 aliphatic rings. The Balaban J connectivity index is 1.37. The highest BCUT2D eigenvalue weighted by Crippen LogP contribution is 2.28. The normalized spacial score (nSPS) is 13.8. The van der Waals surface area contributed by atoms with E-state index < -0.39 is 0 Å². The number of pyridine rings is 2. The number of hydrogen-bond donors (Lipinski definition) is 4. The number of aromatic nitrogens is 4. The van der Waals surface area contributed by atoms with Crippen LogP contribution < -0.4 is 21.3 Å². The summed E-state index contributed by atoms with van der Waals surface area (Å²) in [6.07, 6.45) is 8.61. The Hall–Kier alpha value is -4.37. The molecule has 0 spiro atoms. The van der Waals surface area contributed by atoms with Crippen LogP contribution in [0.25, 0.3) is 22.2 Å². The number of fused-ring (bicyclic) bond motifs is 1. The summed E-state index contributed by atoms with van der Waals surface area (Å²) in [6.45, 7) is 5.55. The van der Waals surface area contributed by atoms with Crippen molar-refractivity contribution in [3.63, 3.8) is 0 Å². The summed E-state index contributed by atoms with van der Waals surface area (Å²) < 4.78 is 0. The van der Waals surface area contributed by atoms with Gasteiger partial charge in [-0.05, 0) is 56.3 Å². The number of nitrogens with zero attached hydrogens (tertiary/aromatic N) is 4. The molecule has 5 rings (SSSR count). The van der Waals surface area contributed by atoms with Gasteiger partial charge >= 0.3 is 0 Å². The second kappa shape index (κ2) is 10.3. The van der Waals surface area contributed by atoms with Gasteiger partial charge in [-0.25, -0.2) is 15.0 Å². The highest BCUT2D eigenvalue weighted by atomic mass is 16.1. The van der Waals surface area contributed by atoms with Crippen LogP contribution in [0.15, 0.2) is 73.7 Å². The lowest BCUT2D eigenvalue weighted by molar-refractivity contribution is -0.111. The summed E-state index contributed by atoms with van der Waals surface area (Å²) >= 11 is 0. The van der Waals surface area contributed by atoms with Crippen molar-refractivity contribution in [3.05, 3.63) is 73.7 Å². The average Bonchev–Trinajstić information content (AvgIpc) is 2.90. The van der Waals surface area contributed by atoms with Gasteiger partial charge in [0.25, 0.3) is 0 Å². The first-order valence-corrected chi connectivity index (χ1v) is 11.5. The van der Waals surface area contributed by atoms with E-state index in [-0.39, 0.29) is 5.91 Å². The lowest BCUT2D eigenvalue weighted by atomic mass is 10.1. The number of anilines is 4. The molecule has 1 aliphatic heterocycles. The maximum atomic E-state index is 11.7. The zero-order valence-corrected chi connectivity index (χ0v) is 19.2. The van der Waals surface area contributed by atoms with E-state index in [1.165, 1.54) is 6.08 Å². The van der Waals surface area contributed by atoms with Gasteiger partial charge < -0.3 is 21.3 Å². The molecule has 1 saturated heterocycles. The Labute approximate surface area is 203 Å². The van der Waals surface area contributed by atoms with Crippen LogP contribution in [0.2, 0.25) is 0 Å². The van der Waals surface area contributed by atoms with Gasteiger partial charge in [0.2, 0.25) is 11.9 Å². The maximum Gasteiger partial charge on any atom is 0.247 e. The lowest BCUT2D eigenvalue weighted by Crippen LogP contribution is -2.35. The summed E-state index contributed by atoms with van der Waals surface area (Å²) in [6, 6.07) is 13.7. The minimum atomic E-state index is -0.278. The van der Waals surface area contributed by atoms with Gasteiger partial charge in [-0.3, -0.25) is 9.78 Å². The average molecular weight is 467 g/mol. The van der Waals surface area contributed by atoms with Crippen LogP contribution in [-0.2, 0) is 4.79 Å². The molecule has 1 amide bonds. The van der Waals surface area contributed by atoms with E-state index in [1.54, 1.807) is 24.7 Å². The number of hydrogen-bond acceptors (Lipinski definition) is 8. The molecule has 0 atom stereocenters. The van der Waals surface area contributed by atoms with Gasteiger partial charge in [-0.1, -0.05) is 24.8 Å². The third-order valence-electron chi connectivity index (χ3n) is 5.81. The van der Waals surface area contributed by atoms with E-state index in [0.717, 1.165) is 53.9 Å². The summed E-state index contributed by atoms with van der Waals surface area (Å²) in [5.74, 6) is 1.04. The van der Waals surface area contributed by atoms with Crippen molar-refractivity contribution in [3.8, 4) is 11.3 Å². The van der Waals surface area contributed by atoms with Crippen molar-refractivity contribution in [2.45, 2.75) is 18.9 Å². The molecule has 0 saturated carbocycles. The first kappa shape index (κ1) is 22.4. The number of piperidine rings is 1. The summed E-state index contributed by atoms with van der Waals surface area (Å²) in [5, 5.41) is 13.8. The molecular formula is C26H26N8O. The molecule has 4 aromatic rings. The molecule has 0 unspecified atom stereocenters. The number of para-hydroxylation sites is 1. The SMILES string of the molecule is C=CC(=O)Nc1ccnc(-c2cccc3cnc(Nc4ccc(NC5CCNCC5)nc4)nc23)c1. The topological polar surface area (TPSA) is 117 Å². The number of rotatable bonds is 7. The predicted octanol–water partition coefficient (Wildman–Crippen LogP) is 4.12. The molecule has 35 heavy (non-hydrogen) atoms. The molecule has 1 aromatic carbocycles. The molecule has 1 fully saturated rings. The predicted molar refractivity (Wildman–Crippen MR) is 139 cm³/mol. The van der Waals surface area contributed by atoms with Gasteiger partial charge in [-0.2, -0.15) is 0 Å². The number of carbonyl (C=O) groups is 1. The molecule has 0 bridgehead atoms. The number of amides is 1. The number of benzene rings is 1.